The predicted octanol–water partition coefficient (Wildman–Crippen LogP) is 10.8. The number of ketones is 2. The van der Waals surface area contributed by atoms with Gasteiger partial charge >= 0.3 is 0 Å². The van der Waals surface area contributed by atoms with E-state index in [0.29, 0.717) is 24.7 Å². The van der Waals surface area contributed by atoms with Gasteiger partial charge in [-0.25, -0.2) is 0 Å². The lowest BCUT2D eigenvalue weighted by atomic mass is 9.78. The molecule has 0 fully saturated rings. The zero-order valence-corrected chi connectivity index (χ0v) is 27.8. The molecule has 0 aliphatic heterocycles. The van der Waals surface area contributed by atoms with Crippen LogP contribution in [-0.4, -0.2) is 11.6 Å². The van der Waals surface area contributed by atoms with Crippen molar-refractivity contribution in [1.29, 1.82) is 0 Å². The number of Topliss-reactive ketones (excluding diaryl/α,β-unsaturated/α-hetero) is 2. The molecular weight excluding hydrogens is 512 g/mol. The highest BCUT2D eigenvalue weighted by atomic mass is 16.1. The normalized spacial score (nSPS) is 14.0. The number of hydrogen-bond donors (Lipinski definition) is 0. The fourth-order valence-electron chi connectivity index (χ4n) is 5.78. The Morgan fingerprint density at radius 3 is 2.36 bits per heavy atom. The van der Waals surface area contributed by atoms with Crippen LogP contribution in [-0.2, 0) is 27.8 Å². The van der Waals surface area contributed by atoms with E-state index in [1.807, 2.05) is 32.1 Å². The van der Waals surface area contributed by atoms with Gasteiger partial charge in [0, 0.05) is 12.8 Å². The van der Waals surface area contributed by atoms with Crippen molar-refractivity contribution in [3.63, 3.8) is 0 Å². The molecule has 0 amide bonds. The third-order valence-electron chi connectivity index (χ3n) is 8.42. The Morgan fingerprint density at radius 2 is 1.69 bits per heavy atom. The molecule has 2 unspecified atom stereocenters. The van der Waals surface area contributed by atoms with Gasteiger partial charge in [0.1, 0.15) is 5.78 Å². The van der Waals surface area contributed by atoms with Crippen LogP contribution in [0.3, 0.4) is 0 Å². The molecule has 42 heavy (non-hydrogen) atoms. The van der Waals surface area contributed by atoms with E-state index >= 15 is 0 Å². The van der Waals surface area contributed by atoms with Crippen molar-refractivity contribution in [2.24, 2.45) is 11.8 Å². The second-order valence-electron chi connectivity index (χ2n) is 13.2. The number of aryl methyl sites for hydroxylation is 2. The quantitative estimate of drug-likeness (QED) is 0.140. The molecule has 2 atom stereocenters. The number of allylic oxidation sites excluding steroid dienone is 5. The molecule has 0 aromatic heterocycles. The van der Waals surface area contributed by atoms with Gasteiger partial charge in [-0.3, -0.25) is 4.79 Å². The van der Waals surface area contributed by atoms with Crippen molar-refractivity contribution < 1.29 is 9.59 Å². The summed E-state index contributed by atoms with van der Waals surface area (Å²) in [6.45, 7) is 16.8. The number of benzene rings is 2. The first-order valence-corrected chi connectivity index (χ1v) is 16.1. The van der Waals surface area contributed by atoms with Gasteiger partial charge in [-0.05, 0) is 110 Å². The van der Waals surface area contributed by atoms with E-state index in [1.165, 1.54) is 27.8 Å². The van der Waals surface area contributed by atoms with Gasteiger partial charge in [-0.1, -0.05) is 113 Å². The van der Waals surface area contributed by atoms with Crippen molar-refractivity contribution in [3.8, 4) is 0 Å². The predicted molar refractivity (Wildman–Crippen MR) is 182 cm³/mol. The summed E-state index contributed by atoms with van der Waals surface area (Å²) in [7, 11) is 0. The Balaban J connectivity index is 2.08. The van der Waals surface area contributed by atoms with Gasteiger partial charge in [0.05, 0.1) is 0 Å². The van der Waals surface area contributed by atoms with Crippen LogP contribution in [0.25, 0.3) is 6.08 Å². The van der Waals surface area contributed by atoms with Gasteiger partial charge in [0.15, 0.2) is 5.78 Å². The number of carbonyl (C=O) groups excluding carboxylic acids is 2. The average Bonchev–Trinajstić information content (AvgIpc) is 2.94. The SMILES string of the molecule is CC=CC=C(C)C(=O)CCCC(CCC)C(CCc1ccc(C)c(C=CCc2cccc(C(C)(C)C)c2)c1)CC(C)=O. The third kappa shape index (κ3) is 12.5. The Bertz CT molecular complexity index is 1230. The molecule has 0 aliphatic carbocycles. The molecule has 0 aliphatic rings. The van der Waals surface area contributed by atoms with E-state index < -0.39 is 0 Å². The van der Waals surface area contributed by atoms with Crippen molar-refractivity contribution in [2.45, 2.75) is 119 Å². The summed E-state index contributed by atoms with van der Waals surface area (Å²) in [5.74, 6) is 1.33. The van der Waals surface area contributed by atoms with Crippen molar-refractivity contribution in [2.75, 3.05) is 0 Å². The standard InChI is InChI=1S/C40H56O2/c1-9-11-16-31(4)39(42)22-14-19-35(15-10-2)37(27-32(5)41)26-25-34-24-23-30(3)36(28-34)20-12-17-33-18-13-21-38(29-33)40(6,7)8/h9,11-13,16,18,20-21,23-24,28-29,35,37H,10,14-15,17,19,22,25-27H2,1-8H3. The lowest BCUT2D eigenvalue weighted by molar-refractivity contribution is -0.118. The lowest BCUT2D eigenvalue weighted by Gasteiger charge is -2.27. The van der Waals surface area contributed by atoms with Crippen molar-refractivity contribution >= 4 is 17.6 Å². The lowest BCUT2D eigenvalue weighted by Crippen LogP contribution is -2.19. The second kappa shape index (κ2) is 17.8. The van der Waals surface area contributed by atoms with Gasteiger partial charge in [0.2, 0.25) is 0 Å². The van der Waals surface area contributed by atoms with Crippen LogP contribution in [0.5, 0.6) is 0 Å². The highest BCUT2D eigenvalue weighted by Gasteiger charge is 2.23. The minimum atomic E-state index is 0.154. The first-order valence-electron chi connectivity index (χ1n) is 16.1. The van der Waals surface area contributed by atoms with Gasteiger partial charge in [0.25, 0.3) is 0 Å². The summed E-state index contributed by atoms with van der Waals surface area (Å²) in [5.41, 5.74) is 7.57. The molecule has 0 heterocycles. The van der Waals surface area contributed by atoms with Gasteiger partial charge in [-0.15, -0.1) is 0 Å². The average molecular weight is 569 g/mol. The van der Waals surface area contributed by atoms with Crippen LogP contribution in [0.2, 0.25) is 0 Å². The molecule has 2 heteroatoms. The van der Waals surface area contributed by atoms with Crippen LogP contribution in [0, 0.1) is 18.8 Å². The van der Waals surface area contributed by atoms with Gasteiger partial charge in [-0.2, -0.15) is 0 Å². The van der Waals surface area contributed by atoms with Crippen LogP contribution < -0.4 is 0 Å². The Labute approximate surface area is 257 Å². The van der Waals surface area contributed by atoms with E-state index in [2.05, 4.69) is 89.2 Å². The summed E-state index contributed by atoms with van der Waals surface area (Å²) >= 11 is 0. The smallest absolute Gasteiger partial charge is 0.158 e. The maximum absolute atomic E-state index is 12.6. The molecule has 0 saturated heterocycles. The fourth-order valence-corrected chi connectivity index (χ4v) is 5.78. The molecule has 2 aromatic rings. The van der Waals surface area contributed by atoms with E-state index in [1.54, 1.807) is 6.92 Å². The molecular formula is C40H56O2. The fraction of sp³-hybridized carbons (Fsp3) is 0.500. The highest BCUT2D eigenvalue weighted by Crippen LogP contribution is 2.31. The first-order chi connectivity index (χ1) is 19.9. The molecule has 0 N–H and O–H groups in total. The van der Waals surface area contributed by atoms with Crippen LogP contribution >= 0.6 is 0 Å². The number of hydrogen-bond acceptors (Lipinski definition) is 2. The minimum Gasteiger partial charge on any atom is -0.300 e. The molecule has 0 saturated carbocycles. The molecule has 2 rings (SSSR count). The van der Waals surface area contributed by atoms with E-state index in [4.69, 9.17) is 0 Å². The summed E-state index contributed by atoms with van der Waals surface area (Å²) in [5, 5.41) is 0. The molecule has 228 valence electrons. The summed E-state index contributed by atoms with van der Waals surface area (Å²) in [6, 6.07) is 15.7. The maximum atomic E-state index is 12.6. The number of rotatable bonds is 17. The zero-order valence-electron chi connectivity index (χ0n) is 27.8. The summed E-state index contributed by atoms with van der Waals surface area (Å²) < 4.78 is 0. The Hall–Kier alpha value is -3.00. The van der Waals surface area contributed by atoms with E-state index in [0.717, 1.165) is 50.5 Å². The minimum absolute atomic E-state index is 0.154. The molecule has 0 bridgehead atoms. The number of carbonyl (C=O) groups is 2. The summed E-state index contributed by atoms with van der Waals surface area (Å²) in [4.78, 5) is 24.8. The van der Waals surface area contributed by atoms with E-state index in [9.17, 15) is 9.59 Å². The molecule has 0 spiro atoms. The van der Waals surface area contributed by atoms with E-state index in [-0.39, 0.29) is 17.0 Å². The van der Waals surface area contributed by atoms with Crippen LogP contribution in [0.1, 0.15) is 121 Å². The monoisotopic (exact) mass is 568 g/mol. The maximum Gasteiger partial charge on any atom is 0.158 e. The van der Waals surface area contributed by atoms with Crippen molar-refractivity contribution in [1.82, 2.24) is 0 Å². The molecule has 0 radical (unpaired) electrons. The third-order valence-corrected chi connectivity index (χ3v) is 8.42. The van der Waals surface area contributed by atoms with Gasteiger partial charge < -0.3 is 4.79 Å². The second-order valence-corrected chi connectivity index (χ2v) is 13.2. The topological polar surface area (TPSA) is 34.1 Å². The zero-order chi connectivity index (χ0) is 31.1. The highest BCUT2D eigenvalue weighted by molar-refractivity contribution is 5.94. The Morgan fingerprint density at radius 1 is 0.929 bits per heavy atom. The van der Waals surface area contributed by atoms with Crippen molar-refractivity contribution in [3.05, 3.63) is 100 Å². The largest absolute Gasteiger partial charge is 0.300 e. The van der Waals surface area contributed by atoms with Crippen LogP contribution in [0.4, 0.5) is 0 Å². The molecule has 2 aromatic carbocycles. The summed E-state index contributed by atoms with van der Waals surface area (Å²) in [6.07, 6.45) is 18.5. The Kier molecular flexibility index (Phi) is 15.0. The first kappa shape index (κ1) is 35.2. The van der Waals surface area contributed by atoms with Crippen LogP contribution in [0.15, 0.2) is 72.3 Å². The molecule has 2 nitrogen and oxygen atoms in total.